The SMILES string of the molecule is CC[C@H](C)CS[C@]1(C(=O)O)C[C@H](O)[C@@H](NC(C)=O)[C@H]([C@H](O)[C@H](O)CO)O1. The molecule has 1 rings (SSSR count). The van der Waals surface area contributed by atoms with Gasteiger partial charge in [-0.2, -0.15) is 0 Å². The number of carbonyl (C=O) groups is 2. The predicted octanol–water partition coefficient (Wildman–Crippen LogP) is -1.08. The summed E-state index contributed by atoms with van der Waals surface area (Å²) >= 11 is 1.00. The second-order valence-electron chi connectivity index (χ2n) is 6.70. The molecule has 1 aliphatic heterocycles. The summed E-state index contributed by atoms with van der Waals surface area (Å²) in [5.74, 6) is -1.17. The first-order chi connectivity index (χ1) is 12.1. The Labute approximate surface area is 156 Å². The van der Waals surface area contributed by atoms with E-state index in [2.05, 4.69) is 5.32 Å². The predicted molar refractivity (Wildman–Crippen MR) is 94.5 cm³/mol. The second-order valence-corrected chi connectivity index (χ2v) is 7.98. The van der Waals surface area contributed by atoms with E-state index in [1.54, 1.807) is 0 Å². The quantitative estimate of drug-likeness (QED) is 0.286. The molecule has 0 saturated carbocycles. The maximum Gasteiger partial charge on any atom is 0.346 e. The summed E-state index contributed by atoms with van der Waals surface area (Å²) in [5.41, 5.74) is 0. The highest BCUT2D eigenvalue weighted by Crippen LogP contribution is 2.41. The smallest absolute Gasteiger partial charge is 0.346 e. The van der Waals surface area contributed by atoms with Crippen LogP contribution in [0.3, 0.4) is 0 Å². The number of amides is 1. The third-order valence-electron chi connectivity index (χ3n) is 4.48. The van der Waals surface area contributed by atoms with Crippen LogP contribution in [0.1, 0.15) is 33.6 Å². The Morgan fingerprint density at radius 2 is 2.00 bits per heavy atom. The van der Waals surface area contributed by atoms with Crippen molar-refractivity contribution in [2.75, 3.05) is 12.4 Å². The van der Waals surface area contributed by atoms with Crippen LogP contribution in [0, 0.1) is 5.92 Å². The standard InChI is InChI=1S/C16H29NO8S/c1-4-8(2)7-26-16(15(23)24)5-10(20)12(17-9(3)19)14(25-16)13(22)11(21)6-18/h8,10-14,18,20-22H,4-7H2,1-3H3,(H,17,19)(H,23,24)/t8-,10-,11+,12+,13+,14+,16-/m0/s1. The summed E-state index contributed by atoms with van der Waals surface area (Å²) in [6, 6.07) is -1.12. The average Bonchev–Trinajstić information content (AvgIpc) is 2.59. The van der Waals surface area contributed by atoms with Crippen LogP contribution in [0.2, 0.25) is 0 Å². The molecule has 9 nitrogen and oxygen atoms in total. The number of hydrogen-bond donors (Lipinski definition) is 6. The largest absolute Gasteiger partial charge is 0.478 e. The lowest BCUT2D eigenvalue weighted by Crippen LogP contribution is -2.66. The molecule has 10 heteroatoms. The molecule has 1 aliphatic rings. The van der Waals surface area contributed by atoms with Gasteiger partial charge in [0.1, 0.15) is 18.3 Å². The Morgan fingerprint density at radius 1 is 1.38 bits per heavy atom. The van der Waals surface area contributed by atoms with Gasteiger partial charge in [-0.1, -0.05) is 20.3 Å². The molecule has 0 spiro atoms. The van der Waals surface area contributed by atoms with Crippen molar-refractivity contribution in [2.24, 2.45) is 5.92 Å². The van der Waals surface area contributed by atoms with Crippen LogP contribution in [0.4, 0.5) is 0 Å². The molecule has 0 unspecified atom stereocenters. The number of hydrogen-bond acceptors (Lipinski definition) is 8. The van der Waals surface area contributed by atoms with Crippen molar-refractivity contribution in [3.8, 4) is 0 Å². The fraction of sp³-hybridized carbons (Fsp3) is 0.875. The number of nitrogens with one attached hydrogen (secondary N) is 1. The number of ether oxygens (including phenoxy) is 1. The average molecular weight is 395 g/mol. The van der Waals surface area contributed by atoms with E-state index in [0.717, 1.165) is 18.2 Å². The zero-order valence-electron chi connectivity index (χ0n) is 15.2. The maximum absolute atomic E-state index is 11.9. The molecule has 0 aromatic carbocycles. The zero-order valence-corrected chi connectivity index (χ0v) is 16.0. The molecule has 1 amide bonds. The van der Waals surface area contributed by atoms with Crippen LogP contribution in [-0.4, -0.2) is 85.2 Å². The van der Waals surface area contributed by atoms with E-state index in [1.165, 1.54) is 6.92 Å². The summed E-state index contributed by atoms with van der Waals surface area (Å²) in [6.07, 6.45) is -5.52. The third kappa shape index (κ3) is 5.54. The summed E-state index contributed by atoms with van der Waals surface area (Å²) in [5, 5.41) is 51.7. The molecule has 0 bridgehead atoms. The molecule has 1 heterocycles. The van der Waals surface area contributed by atoms with Gasteiger partial charge in [0.2, 0.25) is 10.8 Å². The van der Waals surface area contributed by atoms with E-state index < -0.39 is 53.9 Å². The van der Waals surface area contributed by atoms with Gasteiger partial charge < -0.3 is 35.6 Å². The number of carbonyl (C=O) groups excluding carboxylic acids is 1. The summed E-state index contributed by atoms with van der Waals surface area (Å²) in [6.45, 7) is 4.33. The normalized spacial score (nSPS) is 32.5. The molecule has 0 aliphatic carbocycles. The van der Waals surface area contributed by atoms with E-state index in [0.29, 0.717) is 5.75 Å². The van der Waals surface area contributed by atoms with Crippen LogP contribution in [0.15, 0.2) is 0 Å². The lowest BCUT2D eigenvalue weighted by molar-refractivity contribution is -0.205. The fourth-order valence-corrected chi connectivity index (χ4v) is 4.05. The number of carboxylic acid groups (broad SMARTS) is 1. The monoisotopic (exact) mass is 395 g/mol. The molecule has 152 valence electrons. The Balaban J connectivity index is 3.16. The minimum atomic E-state index is -1.83. The van der Waals surface area contributed by atoms with Gasteiger partial charge in [0.15, 0.2) is 0 Å². The van der Waals surface area contributed by atoms with Gasteiger partial charge in [0, 0.05) is 13.3 Å². The van der Waals surface area contributed by atoms with Crippen LogP contribution >= 0.6 is 11.8 Å². The number of aliphatic hydroxyl groups excluding tert-OH is 4. The molecular weight excluding hydrogens is 366 g/mol. The van der Waals surface area contributed by atoms with E-state index in [-0.39, 0.29) is 12.3 Å². The van der Waals surface area contributed by atoms with Crippen LogP contribution in [0.25, 0.3) is 0 Å². The molecule has 0 aromatic heterocycles. The molecular formula is C16H29NO8S. The molecule has 1 saturated heterocycles. The van der Waals surface area contributed by atoms with Gasteiger partial charge in [-0.3, -0.25) is 4.79 Å². The van der Waals surface area contributed by atoms with Crippen LogP contribution in [-0.2, 0) is 14.3 Å². The van der Waals surface area contributed by atoms with E-state index in [4.69, 9.17) is 9.84 Å². The van der Waals surface area contributed by atoms with Crippen molar-refractivity contribution < 1.29 is 39.9 Å². The first-order valence-corrected chi connectivity index (χ1v) is 9.53. The number of rotatable bonds is 9. The number of thioether (sulfide) groups is 1. The van der Waals surface area contributed by atoms with Gasteiger partial charge in [-0.25, -0.2) is 4.79 Å². The highest BCUT2D eigenvalue weighted by molar-refractivity contribution is 8.01. The second kappa shape index (κ2) is 9.86. The molecule has 1 fully saturated rings. The van der Waals surface area contributed by atoms with Crippen LogP contribution in [0.5, 0.6) is 0 Å². The van der Waals surface area contributed by atoms with E-state index in [1.807, 2.05) is 13.8 Å². The third-order valence-corrected chi connectivity index (χ3v) is 6.12. The molecule has 0 aromatic rings. The van der Waals surface area contributed by atoms with Gasteiger partial charge in [-0.15, -0.1) is 11.8 Å². The van der Waals surface area contributed by atoms with Crippen molar-refractivity contribution in [3.05, 3.63) is 0 Å². The summed E-state index contributed by atoms with van der Waals surface area (Å²) in [7, 11) is 0. The van der Waals surface area contributed by atoms with Gasteiger partial charge in [-0.05, 0) is 11.7 Å². The van der Waals surface area contributed by atoms with Gasteiger partial charge in [0.25, 0.3) is 0 Å². The van der Waals surface area contributed by atoms with Crippen molar-refractivity contribution >= 4 is 23.6 Å². The molecule has 0 radical (unpaired) electrons. The number of aliphatic hydroxyl groups is 4. The summed E-state index contributed by atoms with van der Waals surface area (Å²) in [4.78, 5) is 21.5. The Morgan fingerprint density at radius 3 is 2.46 bits per heavy atom. The van der Waals surface area contributed by atoms with E-state index in [9.17, 15) is 30.0 Å². The summed E-state index contributed by atoms with van der Waals surface area (Å²) < 4.78 is 5.67. The van der Waals surface area contributed by atoms with Crippen molar-refractivity contribution in [2.45, 2.75) is 69.0 Å². The van der Waals surface area contributed by atoms with Gasteiger partial charge >= 0.3 is 5.97 Å². The lowest BCUT2D eigenvalue weighted by atomic mass is 9.90. The van der Waals surface area contributed by atoms with E-state index >= 15 is 0 Å². The topological polar surface area (TPSA) is 157 Å². The maximum atomic E-state index is 11.9. The zero-order chi connectivity index (χ0) is 20.1. The number of carboxylic acids is 1. The Kier molecular flexibility index (Phi) is 8.77. The molecule has 6 N–H and O–H groups in total. The number of aliphatic carboxylic acids is 1. The van der Waals surface area contributed by atoms with Crippen molar-refractivity contribution in [1.29, 1.82) is 0 Å². The minimum absolute atomic E-state index is 0.205. The Hall–Kier alpha value is -0.910. The molecule has 7 atom stereocenters. The Bertz CT molecular complexity index is 493. The molecule has 26 heavy (non-hydrogen) atoms. The van der Waals surface area contributed by atoms with Crippen molar-refractivity contribution in [1.82, 2.24) is 5.32 Å². The lowest BCUT2D eigenvalue weighted by Gasteiger charge is -2.46. The first-order valence-electron chi connectivity index (χ1n) is 8.55. The highest BCUT2D eigenvalue weighted by Gasteiger charge is 2.55. The van der Waals surface area contributed by atoms with Crippen molar-refractivity contribution in [3.63, 3.8) is 0 Å². The van der Waals surface area contributed by atoms with Gasteiger partial charge in [0.05, 0.1) is 18.8 Å². The fourth-order valence-electron chi connectivity index (χ4n) is 2.67. The van der Waals surface area contributed by atoms with Crippen LogP contribution < -0.4 is 5.32 Å². The first kappa shape index (κ1) is 23.1. The highest BCUT2D eigenvalue weighted by atomic mass is 32.2. The minimum Gasteiger partial charge on any atom is -0.478 e.